The molecule has 1 aromatic heterocycles. The second-order valence-electron chi connectivity index (χ2n) is 6.05. The summed E-state index contributed by atoms with van der Waals surface area (Å²) in [5, 5.41) is 6.65. The number of hydrogen-bond acceptors (Lipinski definition) is 5. The highest BCUT2D eigenvalue weighted by atomic mass is 16.5. The molecule has 2 aromatic carbocycles. The zero-order valence-electron chi connectivity index (χ0n) is 15.4. The number of hydrogen-bond donors (Lipinski definition) is 2. The Balaban J connectivity index is 1.77. The van der Waals surface area contributed by atoms with Gasteiger partial charge in [-0.3, -0.25) is 0 Å². The average Bonchev–Trinajstić information content (AvgIpc) is 2.62. The van der Waals surface area contributed by atoms with Crippen LogP contribution in [0.4, 0.5) is 17.5 Å². The fourth-order valence-corrected chi connectivity index (χ4v) is 2.68. The van der Waals surface area contributed by atoms with Crippen LogP contribution >= 0.6 is 0 Å². The van der Waals surface area contributed by atoms with Crippen molar-refractivity contribution in [1.29, 1.82) is 0 Å². The van der Waals surface area contributed by atoms with Crippen LogP contribution in [-0.2, 0) is 6.54 Å². The van der Waals surface area contributed by atoms with Gasteiger partial charge in [-0.15, -0.1) is 0 Å². The summed E-state index contributed by atoms with van der Waals surface area (Å²) >= 11 is 0. The van der Waals surface area contributed by atoms with Crippen LogP contribution in [-0.4, -0.2) is 16.6 Å². The van der Waals surface area contributed by atoms with Crippen molar-refractivity contribution in [1.82, 2.24) is 9.97 Å². The van der Waals surface area contributed by atoms with Crippen LogP contribution in [0, 0.1) is 13.8 Å². The van der Waals surface area contributed by atoms with E-state index >= 15 is 0 Å². The van der Waals surface area contributed by atoms with Gasteiger partial charge >= 0.3 is 0 Å². The van der Waals surface area contributed by atoms with E-state index in [9.17, 15) is 0 Å². The van der Waals surface area contributed by atoms with E-state index in [1.807, 2.05) is 56.3 Å². The minimum atomic E-state index is 0.602. The number of nitrogens with one attached hydrogen (secondary N) is 2. The number of anilines is 3. The number of benzene rings is 2. The number of para-hydroxylation sites is 2. The molecule has 0 spiro atoms. The summed E-state index contributed by atoms with van der Waals surface area (Å²) in [5.41, 5.74) is 4.26. The Bertz CT molecular complexity index is 879. The lowest BCUT2D eigenvalue weighted by Gasteiger charge is -2.13. The molecule has 0 fully saturated rings. The summed E-state index contributed by atoms with van der Waals surface area (Å²) in [6, 6.07) is 18.1. The summed E-state index contributed by atoms with van der Waals surface area (Å²) in [7, 11) is 0. The van der Waals surface area contributed by atoms with Crippen molar-refractivity contribution < 1.29 is 4.74 Å². The molecule has 0 atom stereocenters. The molecule has 1 heterocycles. The zero-order chi connectivity index (χ0) is 18.4. The summed E-state index contributed by atoms with van der Waals surface area (Å²) < 4.78 is 5.67. The molecule has 0 aliphatic heterocycles. The molecule has 0 bridgehead atoms. The highest BCUT2D eigenvalue weighted by Crippen LogP contribution is 2.27. The Morgan fingerprint density at radius 1 is 0.962 bits per heavy atom. The second-order valence-corrected chi connectivity index (χ2v) is 6.05. The highest BCUT2D eigenvalue weighted by molar-refractivity contribution is 5.64. The largest absolute Gasteiger partial charge is 0.492 e. The van der Waals surface area contributed by atoms with Crippen LogP contribution in [0.3, 0.4) is 0 Å². The SMILES string of the molecule is CCOc1ccccc1Nc1cc(C)nc(NCc2ccccc2C)n1. The minimum Gasteiger partial charge on any atom is -0.492 e. The Labute approximate surface area is 154 Å². The third-order valence-corrected chi connectivity index (χ3v) is 4.00. The van der Waals surface area contributed by atoms with Crippen LogP contribution in [0.15, 0.2) is 54.6 Å². The molecule has 26 heavy (non-hydrogen) atoms. The monoisotopic (exact) mass is 348 g/mol. The van der Waals surface area contributed by atoms with E-state index < -0.39 is 0 Å². The first-order valence-electron chi connectivity index (χ1n) is 8.78. The number of ether oxygens (including phenoxy) is 1. The molecular formula is C21H24N4O. The third kappa shape index (κ3) is 4.51. The molecule has 0 aliphatic carbocycles. The number of aryl methyl sites for hydroxylation is 2. The number of nitrogens with zero attached hydrogens (tertiary/aromatic N) is 2. The number of aromatic nitrogens is 2. The fourth-order valence-electron chi connectivity index (χ4n) is 2.68. The van der Waals surface area contributed by atoms with Crippen molar-refractivity contribution in [3.63, 3.8) is 0 Å². The second kappa shape index (κ2) is 8.34. The average molecular weight is 348 g/mol. The van der Waals surface area contributed by atoms with Gasteiger partial charge in [0.25, 0.3) is 0 Å². The molecule has 3 rings (SSSR count). The fraction of sp³-hybridized carbons (Fsp3) is 0.238. The predicted octanol–water partition coefficient (Wildman–Crippen LogP) is 4.85. The Kier molecular flexibility index (Phi) is 5.69. The number of rotatable bonds is 7. The lowest BCUT2D eigenvalue weighted by Crippen LogP contribution is -2.07. The van der Waals surface area contributed by atoms with Gasteiger partial charge in [0.1, 0.15) is 11.6 Å². The third-order valence-electron chi connectivity index (χ3n) is 4.00. The summed E-state index contributed by atoms with van der Waals surface area (Å²) in [6.45, 7) is 7.33. The highest BCUT2D eigenvalue weighted by Gasteiger charge is 2.07. The molecule has 0 saturated heterocycles. The molecule has 0 saturated carbocycles. The van der Waals surface area contributed by atoms with Crippen LogP contribution in [0.5, 0.6) is 5.75 Å². The van der Waals surface area contributed by atoms with Gasteiger partial charge in [0.15, 0.2) is 0 Å². The van der Waals surface area contributed by atoms with Gasteiger partial charge in [0.2, 0.25) is 5.95 Å². The maximum absolute atomic E-state index is 5.67. The van der Waals surface area contributed by atoms with E-state index in [-0.39, 0.29) is 0 Å². The van der Waals surface area contributed by atoms with Crippen LogP contribution in [0.1, 0.15) is 23.7 Å². The molecule has 3 aromatic rings. The van der Waals surface area contributed by atoms with Crippen molar-refractivity contribution in [2.24, 2.45) is 0 Å². The lowest BCUT2D eigenvalue weighted by atomic mass is 10.1. The smallest absolute Gasteiger partial charge is 0.225 e. The normalized spacial score (nSPS) is 10.4. The van der Waals surface area contributed by atoms with Crippen LogP contribution < -0.4 is 15.4 Å². The topological polar surface area (TPSA) is 59.1 Å². The van der Waals surface area contributed by atoms with Crippen LogP contribution in [0.25, 0.3) is 0 Å². The molecule has 5 nitrogen and oxygen atoms in total. The maximum Gasteiger partial charge on any atom is 0.225 e. The van der Waals surface area contributed by atoms with Crippen LogP contribution in [0.2, 0.25) is 0 Å². The van der Waals surface area contributed by atoms with E-state index in [4.69, 9.17) is 4.74 Å². The first-order valence-corrected chi connectivity index (χ1v) is 8.78. The van der Waals surface area contributed by atoms with Gasteiger partial charge in [-0.2, -0.15) is 4.98 Å². The van der Waals surface area contributed by atoms with Crippen molar-refractivity contribution in [2.45, 2.75) is 27.3 Å². The molecule has 0 aliphatic rings. The van der Waals surface area contributed by atoms with Gasteiger partial charge in [0.05, 0.1) is 12.3 Å². The van der Waals surface area contributed by atoms with E-state index in [1.165, 1.54) is 11.1 Å². The van der Waals surface area contributed by atoms with Gasteiger partial charge in [-0.1, -0.05) is 36.4 Å². The zero-order valence-corrected chi connectivity index (χ0v) is 15.4. The van der Waals surface area contributed by atoms with Gasteiger partial charge < -0.3 is 15.4 Å². The van der Waals surface area contributed by atoms with Crippen molar-refractivity contribution >= 4 is 17.5 Å². The van der Waals surface area contributed by atoms with Gasteiger partial charge in [-0.25, -0.2) is 4.98 Å². The molecule has 2 N–H and O–H groups in total. The molecular weight excluding hydrogens is 324 g/mol. The lowest BCUT2D eigenvalue weighted by molar-refractivity contribution is 0.342. The predicted molar refractivity (Wildman–Crippen MR) is 106 cm³/mol. The van der Waals surface area contributed by atoms with E-state index in [1.54, 1.807) is 0 Å². The quantitative estimate of drug-likeness (QED) is 0.639. The Morgan fingerprint density at radius 2 is 1.73 bits per heavy atom. The summed E-state index contributed by atoms with van der Waals surface area (Å²) in [5.74, 6) is 2.14. The van der Waals surface area contributed by atoms with Gasteiger partial charge in [-0.05, 0) is 44.0 Å². The standard InChI is InChI=1S/C21H24N4O/c1-4-26-19-12-8-7-11-18(19)24-20-13-16(3)23-21(25-20)22-14-17-10-6-5-9-15(17)2/h5-13H,4,14H2,1-3H3,(H2,22,23,24,25). The van der Waals surface area contributed by atoms with E-state index in [0.717, 1.165) is 22.9 Å². The minimum absolute atomic E-state index is 0.602. The van der Waals surface area contributed by atoms with Gasteiger partial charge in [0, 0.05) is 18.3 Å². The van der Waals surface area contributed by atoms with Crippen molar-refractivity contribution in [3.05, 3.63) is 71.4 Å². The van der Waals surface area contributed by atoms with E-state index in [2.05, 4.69) is 39.7 Å². The maximum atomic E-state index is 5.67. The summed E-state index contributed by atoms with van der Waals surface area (Å²) in [6.07, 6.45) is 0. The Hall–Kier alpha value is -3.08. The Morgan fingerprint density at radius 3 is 2.54 bits per heavy atom. The van der Waals surface area contributed by atoms with Crippen molar-refractivity contribution in [3.8, 4) is 5.75 Å². The molecule has 0 amide bonds. The summed E-state index contributed by atoms with van der Waals surface area (Å²) in [4.78, 5) is 9.07. The van der Waals surface area contributed by atoms with Crippen molar-refractivity contribution in [2.75, 3.05) is 17.2 Å². The first kappa shape index (κ1) is 17.7. The van der Waals surface area contributed by atoms with E-state index in [0.29, 0.717) is 19.1 Å². The molecule has 0 radical (unpaired) electrons. The molecule has 5 heteroatoms. The first-order chi connectivity index (χ1) is 12.7. The molecule has 0 unspecified atom stereocenters. The molecule has 134 valence electrons.